The third kappa shape index (κ3) is 7.71. The quantitative estimate of drug-likeness (QED) is 0.561. The number of amides is 2. The molecule has 1 fully saturated rings. The Morgan fingerprint density at radius 1 is 1.19 bits per heavy atom. The van der Waals surface area contributed by atoms with E-state index in [0.29, 0.717) is 17.6 Å². The predicted molar refractivity (Wildman–Crippen MR) is 129 cm³/mol. The molecule has 3 N–H and O–H groups in total. The highest BCUT2D eigenvalue weighted by Gasteiger charge is 2.33. The van der Waals surface area contributed by atoms with Gasteiger partial charge in [0, 0.05) is 31.0 Å². The van der Waals surface area contributed by atoms with Crippen molar-refractivity contribution in [1.29, 1.82) is 0 Å². The topological polar surface area (TPSA) is 91.3 Å². The van der Waals surface area contributed by atoms with Gasteiger partial charge in [0.25, 0.3) is 0 Å². The fourth-order valence-electron chi connectivity index (χ4n) is 4.62. The van der Waals surface area contributed by atoms with Gasteiger partial charge < -0.3 is 15.7 Å². The maximum Gasteiger partial charge on any atom is 0.226 e. The van der Waals surface area contributed by atoms with Gasteiger partial charge in [-0.05, 0) is 48.5 Å². The van der Waals surface area contributed by atoms with Gasteiger partial charge in [-0.25, -0.2) is 4.98 Å². The number of nitrogens with zero attached hydrogens (tertiary/aromatic N) is 1. The van der Waals surface area contributed by atoms with Crippen LogP contribution in [0.4, 0.5) is 5.13 Å². The minimum Gasteiger partial charge on any atom is -0.393 e. The molecule has 1 aliphatic rings. The fraction of sp³-hybridized carbons (Fsp3) is 0.560. The number of aliphatic hydroxyl groups excluding tert-OH is 1. The molecule has 0 bridgehead atoms. The molecule has 1 aliphatic carbocycles. The van der Waals surface area contributed by atoms with Crippen molar-refractivity contribution in [2.75, 3.05) is 11.9 Å². The molecule has 4 atom stereocenters. The molecule has 174 valence electrons. The summed E-state index contributed by atoms with van der Waals surface area (Å²) in [7, 11) is 0. The zero-order chi connectivity index (χ0) is 23.0. The number of benzene rings is 1. The zero-order valence-electron chi connectivity index (χ0n) is 19.0. The Labute approximate surface area is 194 Å². The summed E-state index contributed by atoms with van der Waals surface area (Å²) in [5.41, 5.74) is 1.18. The van der Waals surface area contributed by atoms with E-state index in [1.165, 1.54) is 16.9 Å². The molecular formula is C25H35N3O3S. The summed E-state index contributed by atoms with van der Waals surface area (Å²) in [6.07, 6.45) is 6.12. The average Bonchev–Trinajstić information content (AvgIpc) is 3.29. The van der Waals surface area contributed by atoms with Crippen molar-refractivity contribution in [3.63, 3.8) is 0 Å². The number of hydrogen-bond acceptors (Lipinski definition) is 5. The Bertz CT molecular complexity index is 859. The number of hydrogen-bond donors (Lipinski definition) is 3. The number of anilines is 1. The SMILES string of the molecule is C[C@@H]1CC[C@](C)(CNC(=O)CCC(=O)Nc2nccs2)C[C@H](c2ccccc2)C[C@@H](O)C1. The Hall–Kier alpha value is -2.25. The second-order valence-corrected chi connectivity index (χ2v) is 10.4. The summed E-state index contributed by atoms with van der Waals surface area (Å²) in [4.78, 5) is 28.5. The van der Waals surface area contributed by atoms with Crippen molar-refractivity contribution in [2.24, 2.45) is 11.3 Å². The second kappa shape index (κ2) is 11.6. The predicted octanol–water partition coefficient (Wildman–Crippen LogP) is 4.73. The highest BCUT2D eigenvalue weighted by Crippen LogP contribution is 2.41. The molecule has 3 rings (SSSR count). The Kier molecular flexibility index (Phi) is 8.82. The van der Waals surface area contributed by atoms with E-state index in [4.69, 9.17) is 0 Å². The lowest BCUT2D eigenvalue weighted by atomic mass is 9.74. The van der Waals surface area contributed by atoms with Crippen LogP contribution in [0.1, 0.15) is 70.3 Å². The second-order valence-electron chi connectivity index (χ2n) is 9.55. The van der Waals surface area contributed by atoms with Crippen LogP contribution in [-0.4, -0.2) is 34.6 Å². The van der Waals surface area contributed by atoms with Crippen molar-refractivity contribution in [3.05, 3.63) is 47.5 Å². The monoisotopic (exact) mass is 457 g/mol. The molecule has 2 aromatic rings. The molecule has 0 spiro atoms. The maximum absolute atomic E-state index is 12.5. The van der Waals surface area contributed by atoms with Crippen LogP contribution in [0, 0.1) is 11.3 Å². The van der Waals surface area contributed by atoms with Crippen LogP contribution in [-0.2, 0) is 9.59 Å². The Balaban J connectivity index is 1.57. The molecule has 32 heavy (non-hydrogen) atoms. The van der Waals surface area contributed by atoms with Crippen LogP contribution in [0.2, 0.25) is 0 Å². The van der Waals surface area contributed by atoms with Gasteiger partial charge in [0.05, 0.1) is 6.10 Å². The highest BCUT2D eigenvalue weighted by atomic mass is 32.1. The van der Waals surface area contributed by atoms with Gasteiger partial charge in [0.15, 0.2) is 5.13 Å². The normalized spacial score (nSPS) is 26.4. The van der Waals surface area contributed by atoms with Gasteiger partial charge in [-0.15, -0.1) is 11.3 Å². The van der Waals surface area contributed by atoms with Crippen LogP contribution >= 0.6 is 11.3 Å². The minimum absolute atomic E-state index is 0.0718. The van der Waals surface area contributed by atoms with Crippen molar-refractivity contribution in [2.45, 2.75) is 70.8 Å². The largest absolute Gasteiger partial charge is 0.393 e. The minimum atomic E-state index is -0.302. The standard InChI is InChI=1S/C25H35N3O3S/c1-18-10-11-25(2,16-20(15-21(29)14-18)19-6-4-3-5-7-19)17-27-22(30)8-9-23(31)28-24-26-12-13-32-24/h3-7,12-13,18,20-21,29H,8-11,14-17H2,1-2H3,(H,27,30)(H,26,28,31)/t18-,20-,21+,25+/m1/s1. The van der Waals surface area contributed by atoms with Gasteiger partial charge in [-0.2, -0.15) is 0 Å². The van der Waals surface area contributed by atoms with Crippen molar-refractivity contribution in [3.8, 4) is 0 Å². The molecule has 2 amide bonds. The van der Waals surface area contributed by atoms with E-state index < -0.39 is 0 Å². The summed E-state index contributed by atoms with van der Waals surface area (Å²) in [6, 6.07) is 10.4. The molecule has 7 heteroatoms. The number of carbonyl (C=O) groups excluding carboxylic acids is 2. The number of aliphatic hydroxyl groups is 1. The third-order valence-electron chi connectivity index (χ3n) is 6.45. The van der Waals surface area contributed by atoms with Gasteiger partial charge in [0.2, 0.25) is 11.8 Å². The summed E-state index contributed by atoms with van der Waals surface area (Å²) in [6.45, 7) is 5.01. The lowest BCUT2D eigenvalue weighted by Crippen LogP contribution is -2.37. The smallest absolute Gasteiger partial charge is 0.226 e. The molecular weight excluding hydrogens is 422 g/mol. The first kappa shape index (κ1) is 24.4. The van der Waals surface area contributed by atoms with Crippen molar-refractivity contribution in [1.82, 2.24) is 10.3 Å². The number of carbonyl (C=O) groups is 2. The Morgan fingerprint density at radius 3 is 2.66 bits per heavy atom. The van der Waals surface area contributed by atoms with Crippen LogP contribution < -0.4 is 10.6 Å². The Morgan fingerprint density at radius 2 is 1.94 bits per heavy atom. The maximum atomic E-state index is 12.5. The van der Waals surface area contributed by atoms with Gasteiger partial charge in [-0.1, -0.05) is 50.6 Å². The molecule has 1 heterocycles. The highest BCUT2D eigenvalue weighted by molar-refractivity contribution is 7.13. The first-order valence-corrected chi connectivity index (χ1v) is 12.4. The summed E-state index contributed by atoms with van der Waals surface area (Å²) in [5.74, 6) is 0.395. The molecule has 0 radical (unpaired) electrons. The van der Waals surface area contributed by atoms with Crippen LogP contribution in [0.15, 0.2) is 41.9 Å². The number of nitrogens with one attached hydrogen (secondary N) is 2. The van der Waals surface area contributed by atoms with Crippen molar-refractivity contribution < 1.29 is 14.7 Å². The van der Waals surface area contributed by atoms with E-state index in [1.807, 2.05) is 18.2 Å². The molecule has 1 aromatic heterocycles. The third-order valence-corrected chi connectivity index (χ3v) is 7.14. The molecule has 1 saturated carbocycles. The van der Waals surface area contributed by atoms with Crippen LogP contribution in [0.25, 0.3) is 0 Å². The van der Waals surface area contributed by atoms with E-state index in [-0.39, 0.29) is 42.1 Å². The summed E-state index contributed by atoms with van der Waals surface area (Å²) in [5, 5.41) is 18.8. The van der Waals surface area contributed by atoms with Crippen LogP contribution in [0.3, 0.4) is 0 Å². The lowest BCUT2D eigenvalue weighted by Gasteiger charge is -2.34. The average molecular weight is 458 g/mol. The van der Waals surface area contributed by atoms with E-state index in [9.17, 15) is 14.7 Å². The molecule has 1 aromatic carbocycles. The first-order valence-electron chi connectivity index (χ1n) is 11.5. The number of rotatable bonds is 7. The fourth-order valence-corrected chi connectivity index (χ4v) is 5.16. The number of thiazole rings is 1. The van der Waals surface area contributed by atoms with Gasteiger partial charge in [0.1, 0.15) is 0 Å². The lowest BCUT2D eigenvalue weighted by molar-refractivity contribution is -0.124. The van der Waals surface area contributed by atoms with Crippen molar-refractivity contribution >= 4 is 28.3 Å². The number of aromatic nitrogens is 1. The molecule has 6 nitrogen and oxygen atoms in total. The summed E-state index contributed by atoms with van der Waals surface area (Å²) < 4.78 is 0. The molecule has 0 aliphatic heterocycles. The van der Waals surface area contributed by atoms with E-state index in [2.05, 4.69) is 41.6 Å². The molecule has 0 saturated heterocycles. The zero-order valence-corrected chi connectivity index (χ0v) is 19.9. The van der Waals surface area contributed by atoms with Gasteiger partial charge >= 0.3 is 0 Å². The van der Waals surface area contributed by atoms with Crippen LogP contribution in [0.5, 0.6) is 0 Å². The van der Waals surface area contributed by atoms with E-state index in [0.717, 1.165) is 32.1 Å². The first-order chi connectivity index (χ1) is 15.3. The molecule has 0 unspecified atom stereocenters. The van der Waals surface area contributed by atoms with E-state index >= 15 is 0 Å². The summed E-state index contributed by atoms with van der Waals surface area (Å²) >= 11 is 1.36. The van der Waals surface area contributed by atoms with Gasteiger partial charge in [-0.3, -0.25) is 9.59 Å². The van der Waals surface area contributed by atoms with E-state index in [1.54, 1.807) is 11.6 Å².